The van der Waals surface area contributed by atoms with Crippen LogP contribution in [0.4, 0.5) is 0 Å². The highest BCUT2D eigenvalue weighted by Crippen LogP contribution is 2.16. The van der Waals surface area contributed by atoms with E-state index in [9.17, 15) is 5.11 Å². The molecule has 1 unspecified atom stereocenters. The SMILES string of the molecule is CC(NCCN1CCCCCC1)c1ccc(O)cc1. The Balaban J connectivity index is 1.71. The van der Waals surface area contributed by atoms with Crippen molar-refractivity contribution in [3.05, 3.63) is 29.8 Å². The number of nitrogens with zero attached hydrogens (tertiary/aromatic N) is 1. The van der Waals surface area contributed by atoms with Gasteiger partial charge in [-0.2, -0.15) is 0 Å². The van der Waals surface area contributed by atoms with E-state index in [1.165, 1.54) is 44.3 Å². The Labute approximate surface area is 116 Å². The maximum atomic E-state index is 9.28. The van der Waals surface area contributed by atoms with Gasteiger partial charge in [-0.05, 0) is 50.6 Å². The first-order chi connectivity index (χ1) is 9.25. The average molecular weight is 262 g/mol. The lowest BCUT2D eigenvalue weighted by Crippen LogP contribution is -2.33. The molecule has 0 spiro atoms. The zero-order valence-electron chi connectivity index (χ0n) is 11.9. The van der Waals surface area contributed by atoms with Crippen LogP contribution in [0.15, 0.2) is 24.3 Å². The molecular formula is C16H26N2O. The molecule has 19 heavy (non-hydrogen) atoms. The summed E-state index contributed by atoms with van der Waals surface area (Å²) < 4.78 is 0. The highest BCUT2D eigenvalue weighted by atomic mass is 16.3. The molecule has 0 radical (unpaired) electrons. The average Bonchev–Trinajstić information content (AvgIpc) is 2.68. The first-order valence-corrected chi connectivity index (χ1v) is 7.50. The summed E-state index contributed by atoms with van der Waals surface area (Å²) in [6.45, 7) is 6.86. The monoisotopic (exact) mass is 262 g/mol. The number of hydrogen-bond donors (Lipinski definition) is 2. The molecule has 0 amide bonds. The van der Waals surface area contributed by atoms with Crippen molar-refractivity contribution >= 4 is 0 Å². The van der Waals surface area contributed by atoms with Crippen molar-refractivity contribution < 1.29 is 5.11 Å². The number of likely N-dealkylation sites (tertiary alicyclic amines) is 1. The predicted octanol–water partition coefficient (Wildman–Crippen LogP) is 2.92. The maximum absolute atomic E-state index is 9.28. The van der Waals surface area contributed by atoms with Gasteiger partial charge in [0, 0.05) is 19.1 Å². The van der Waals surface area contributed by atoms with Gasteiger partial charge in [0.25, 0.3) is 0 Å². The fourth-order valence-electron chi connectivity index (χ4n) is 2.68. The third-order valence-electron chi connectivity index (χ3n) is 3.97. The molecule has 2 rings (SSSR count). The van der Waals surface area contributed by atoms with E-state index in [1.807, 2.05) is 12.1 Å². The second kappa shape index (κ2) is 7.51. The van der Waals surface area contributed by atoms with E-state index < -0.39 is 0 Å². The van der Waals surface area contributed by atoms with Crippen molar-refractivity contribution in [3.63, 3.8) is 0 Å². The van der Waals surface area contributed by atoms with E-state index in [1.54, 1.807) is 12.1 Å². The maximum Gasteiger partial charge on any atom is 0.115 e. The third-order valence-corrected chi connectivity index (χ3v) is 3.97. The highest BCUT2D eigenvalue weighted by molar-refractivity contribution is 5.27. The van der Waals surface area contributed by atoms with Gasteiger partial charge >= 0.3 is 0 Å². The summed E-state index contributed by atoms with van der Waals surface area (Å²) in [5.74, 6) is 0.334. The van der Waals surface area contributed by atoms with E-state index in [0.717, 1.165) is 13.1 Å². The Morgan fingerprint density at radius 2 is 1.74 bits per heavy atom. The van der Waals surface area contributed by atoms with Crippen LogP contribution in [0.3, 0.4) is 0 Å². The summed E-state index contributed by atoms with van der Waals surface area (Å²) >= 11 is 0. The van der Waals surface area contributed by atoms with Crippen molar-refractivity contribution in [3.8, 4) is 5.75 Å². The molecule has 1 aliphatic rings. The van der Waals surface area contributed by atoms with Gasteiger partial charge in [0.05, 0.1) is 0 Å². The second-order valence-corrected chi connectivity index (χ2v) is 5.52. The standard InChI is InChI=1S/C16H26N2O/c1-14(15-6-8-16(19)9-7-15)17-10-13-18-11-4-2-3-5-12-18/h6-9,14,17,19H,2-5,10-13H2,1H3. The van der Waals surface area contributed by atoms with Crippen molar-refractivity contribution in [2.24, 2.45) is 0 Å². The first-order valence-electron chi connectivity index (χ1n) is 7.50. The molecule has 0 saturated carbocycles. The fraction of sp³-hybridized carbons (Fsp3) is 0.625. The summed E-state index contributed by atoms with van der Waals surface area (Å²) in [6, 6.07) is 7.82. The van der Waals surface area contributed by atoms with Gasteiger partial charge in [0.2, 0.25) is 0 Å². The van der Waals surface area contributed by atoms with Gasteiger partial charge in [0.1, 0.15) is 5.75 Å². The Kier molecular flexibility index (Phi) is 5.67. The van der Waals surface area contributed by atoms with Crippen molar-refractivity contribution in [1.82, 2.24) is 10.2 Å². The Morgan fingerprint density at radius 3 is 2.37 bits per heavy atom. The van der Waals surface area contributed by atoms with Crippen LogP contribution < -0.4 is 5.32 Å². The van der Waals surface area contributed by atoms with Gasteiger partial charge in [-0.3, -0.25) is 0 Å². The molecule has 0 aromatic heterocycles. The van der Waals surface area contributed by atoms with Crippen LogP contribution in [0, 0.1) is 0 Å². The Bertz CT molecular complexity index is 356. The summed E-state index contributed by atoms with van der Waals surface area (Å²) in [7, 11) is 0. The molecular weight excluding hydrogens is 236 g/mol. The van der Waals surface area contributed by atoms with E-state index in [0.29, 0.717) is 11.8 Å². The summed E-state index contributed by atoms with van der Waals surface area (Å²) in [4.78, 5) is 2.57. The lowest BCUT2D eigenvalue weighted by molar-refractivity contribution is 0.280. The smallest absolute Gasteiger partial charge is 0.115 e. The summed E-state index contributed by atoms with van der Waals surface area (Å²) in [5, 5.41) is 12.8. The zero-order valence-corrected chi connectivity index (χ0v) is 11.9. The first kappa shape index (κ1) is 14.4. The van der Waals surface area contributed by atoms with E-state index in [-0.39, 0.29) is 0 Å². The van der Waals surface area contributed by atoms with Gasteiger partial charge in [-0.15, -0.1) is 0 Å². The van der Waals surface area contributed by atoms with Crippen molar-refractivity contribution in [2.45, 2.75) is 38.6 Å². The molecule has 3 nitrogen and oxygen atoms in total. The van der Waals surface area contributed by atoms with E-state index in [4.69, 9.17) is 0 Å². The second-order valence-electron chi connectivity index (χ2n) is 5.52. The molecule has 2 N–H and O–H groups in total. The molecule has 0 bridgehead atoms. The summed E-state index contributed by atoms with van der Waals surface area (Å²) in [5.41, 5.74) is 1.23. The topological polar surface area (TPSA) is 35.5 Å². The number of aromatic hydroxyl groups is 1. The number of rotatable bonds is 5. The van der Waals surface area contributed by atoms with Crippen LogP contribution in [0.5, 0.6) is 5.75 Å². The predicted molar refractivity (Wildman–Crippen MR) is 79.4 cm³/mol. The van der Waals surface area contributed by atoms with E-state index in [2.05, 4.69) is 17.1 Å². The van der Waals surface area contributed by atoms with Crippen LogP contribution in [-0.4, -0.2) is 36.2 Å². The lowest BCUT2D eigenvalue weighted by atomic mass is 10.1. The molecule has 1 atom stereocenters. The van der Waals surface area contributed by atoms with Crippen LogP contribution in [0.1, 0.15) is 44.2 Å². The minimum Gasteiger partial charge on any atom is -0.508 e. The van der Waals surface area contributed by atoms with Crippen LogP contribution in [0.2, 0.25) is 0 Å². The van der Waals surface area contributed by atoms with E-state index >= 15 is 0 Å². The highest BCUT2D eigenvalue weighted by Gasteiger charge is 2.09. The third kappa shape index (κ3) is 4.84. The molecule has 106 valence electrons. The van der Waals surface area contributed by atoms with Gasteiger partial charge < -0.3 is 15.3 Å². The zero-order chi connectivity index (χ0) is 13.5. The van der Waals surface area contributed by atoms with Gasteiger partial charge in [0.15, 0.2) is 0 Å². The minimum atomic E-state index is 0.334. The number of nitrogens with one attached hydrogen (secondary N) is 1. The Hall–Kier alpha value is -1.06. The number of phenolic OH excluding ortho intramolecular Hbond substituents is 1. The molecule has 3 heteroatoms. The lowest BCUT2D eigenvalue weighted by Gasteiger charge is -2.21. The molecule has 1 aromatic carbocycles. The fourth-order valence-corrected chi connectivity index (χ4v) is 2.68. The number of phenols is 1. The minimum absolute atomic E-state index is 0.334. The Morgan fingerprint density at radius 1 is 1.11 bits per heavy atom. The largest absolute Gasteiger partial charge is 0.508 e. The van der Waals surface area contributed by atoms with Gasteiger partial charge in [-0.25, -0.2) is 0 Å². The number of hydrogen-bond acceptors (Lipinski definition) is 3. The molecule has 0 aliphatic carbocycles. The normalized spacial score (nSPS) is 19.0. The van der Waals surface area contributed by atoms with Crippen LogP contribution in [-0.2, 0) is 0 Å². The number of benzene rings is 1. The molecule has 1 heterocycles. The van der Waals surface area contributed by atoms with Gasteiger partial charge in [-0.1, -0.05) is 25.0 Å². The molecule has 1 saturated heterocycles. The molecule has 1 aliphatic heterocycles. The van der Waals surface area contributed by atoms with Crippen LogP contribution in [0.25, 0.3) is 0 Å². The quantitative estimate of drug-likeness (QED) is 0.856. The van der Waals surface area contributed by atoms with Crippen molar-refractivity contribution in [1.29, 1.82) is 0 Å². The molecule has 1 fully saturated rings. The van der Waals surface area contributed by atoms with Crippen LogP contribution >= 0.6 is 0 Å². The molecule has 1 aromatic rings. The van der Waals surface area contributed by atoms with Crippen molar-refractivity contribution in [2.75, 3.05) is 26.2 Å². The summed E-state index contributed by atoms with van der Waals surface area (Å²) in [6.07, 6.45) is 5.50.